The van der Waals surface area contributed by atoms with Gasteiger partial charge in [0.2, 0.25) is 10.0 Å². The number of ether oxygens (including phenoxy) is 1. The maximum Gasteiger partial charge on any atom is 0.260 e. The third-order valence-corrected chi connectivity index (χ3v) is 9.07. The number of fused-ring (bicyclic) bond motifs is 1. The summed E-state index contributed by atoms with van der Waals surface area (Å²) in [5, 5.41) is 0.613. The van der Waals surface area contributed by atoms with E-state index in [0.29, 0.717) is 36.1 Å². The number of carbonyl (C=O) groups is 1. The number of anilines is 1. The van der Waals surface area contributed by atoms with E-state index in [4.69, 9.17) is 9.72 Å². The lowest BCUT2D eigenvalue weighted by Gasteiger charge is -2.26. The second-order valence-corrected chi connectivity index (χ2v) is 11.9. The smallest absolute Gasteiger partial charge is 0.260 e. The van der Waals surface area contributed by atoms with Crippen LogP contribution >= 0.6 is 11.3 Å². The predicted molar refractivity (Wildman–Crippen MR) is 140 cm³/mol. The summed E-state index contributed by atoms with van der Waals surface area (Å²) in [6.07, 6.45) is 3.60. The first-order valence-corrected chi connectivity index (χ1v) is 14.1. The zero-order valence-corrected chi connectivity index (χ0v) is 22.1. The Kier molecular flexibility index (Phi) is 8.05. The van der Waals surface area contributed by atoms with E-state index >= 15 is 0 Å². The fourth-order valence-electron chi connectivity index (χ4n) is 4.15. The second-order valence-electron chi connectivity index (χ2n) is 8.93. The molecule has 0 bridgehead atoms. The molecule has 1 amide bonds. The molecule has 2 aromatic carbocycles. The number of carbonyl (C=O) groups excluding carboxylic acids is 1. The van der Waals surface area contributed by atoms with E-state index in [9.17, 15) is 13.2 Å². The molecule has 4 rings (SSSR count). The van der Waals surface area contributed by atoms with Crippen LogP contribution < -0.4 is 9.64 Å². The normalized spacial score (nSPS) is 15.0. The molecule has 1 aromatic heterocycles. The van der Waals surface area contributed by atoms with Crippen molar-refractivity contribution in [2.45, 2.75) is 30.6 Å². The van der Waals surface area contributed by atoms with E-state index in [-0.39, 0.29) is 10.8 Å². The van der Waals surface area contributed by atoms with Crippen LogP contribution in [0.15, 0.2) is 47.4 Å². The lowest BCUT2D eigenvalue weighted by Crippen LogP contribution is -2.35. The van der Waals surface area contributed by atoms with Crippen LogP contribution in [0, 0.1) is 0 Å². The molecular weight excluding hydrogens is 484 g/mol. The van der Waals surface area contributed by atoms with Gasteiger partial charge in [0.25, 0.3) is 5.91 Å². The molecule has 0 saturated carbocycles. The number of methoxy groups -OCH3 is 1. The average Bonchev–Trinajstić information content (AvgIpc) is 3.29. The molecule has 0 N–H and O–H groups in total. The Labute approximate surface area is 211 Å². The molecule has 1 saturated heterocycles. The number of hydrogen-bond donors (Lipinski definition) is 0. The number of rotatable bonds is 9. The minimum Gasteiger partial charge on any atom is -0.497 e. The number of piperidine rings is 1. The quantitative estimate of drug-likeness (QED) is 0.426. The summed E-state index contributed by atoms with van der Waals surface area (Å²) in [6, 6.07) is 12.0. The molecule has 0 unspecified atom stereocenters. The summed E-state index contributed by atoms with van der Waals surface area (Å²) in [5.41, 5.74) is 1.21. The molecule has 1 aliphatic rings. The van der Waals surface area contributed by atoms with Gasteiger partial charge >= 0.3 is 0 Å². The number of sulfonamides is 1. The zero-order chi connectivity index (χ0) is 25.0. The van der Waals surface area contributed by atoms with Crippen molar-refractivity contribution >= 4 is 42.6 Å². The summed E-state index contributed by atoms with van der Waals surface area (Å²) in [7, 11) is 2.06. The molecule has 2 heterocycles. The highest BCUT2D eigenvalue weighted by atomic mass is 32.2. The largest absolute Gasteiger partial charge is 0.497 e. The van der Waals surface area contributed by atoms with Crippen LogP contribution in [0.4, 0.5) is 5.13 Å². The Morgan fingerprint density at radius 2 is 1.77 bits per heavy atom. The van der Waals surface area contributed by atoms with Gasteiger partial charge < -0.3 is 9.64 Å². The monoisotopic (exact) mass is 516 g/mol. The molecule has 10 heteroatoms. The Hall–Kier alpha value is -2.53. The highest BCUT2D eigenvalue weighted by Crippen LogP contribution is 2.32. The third-order valence-electron chi connectivity index (χ3n) is 6.10. The molecule has 0 radical (unpaired) electrons. The molecule has 1 aliphatic heterocycles. The maximum atomic E-state index is 13.6. The number of aromatic nitrogens is 1. The first-order valence-electron chi connectivity index (χ1n) is 11.8. The van der Waals surface area contributed by atoms with Crippen molar-refractivity contribution in [3.63, 3.8) is 0 Å². The van der Waals surface area contributed by atoms with Gasteiger partial charge in [0, 0.05) is 31.3 Å². The molecule has 0 atom stereocenters. The Bertz CT molecular complexity index is 1270. The topological polar surface area (TPSA) is 83.0 Å². The van der Waals surface area contributed by atoms with Crippen LogP contribution in [0.3, 0.4) is 0 Å². The summed E-state index contributed by atoms with van der Waals surface area (Å²) in [5.74, 6) is 0.516. The maximum absolute atomic E-state index is 13.6. The van der Waals surface area contributed by atoms with Gasteiger partial charge in [-0.05, 0) is 76.3 Å². The van der Waals surface area contributed by atoms with Gasteiger partial charge in [0.1, 0.15) is 5.75 Å². The minimum absolute atomic E-state index is 0.198. The third kappa shape index (κ3) is 5.83. The number of thiazole rings is 1. The van der Waals surface area contributed by atoms with Gasteiger partial charge in [-0.3, -0.25) is 9.69 Å². The lowest BCUT2D eigenvalue weighted by atomic mass is 10.2. The van der Waals surface area contributed by atoms with Gasteiger partial charge in [0.05, 0.1) is 22.2 Å². The van der Waals surface area contributed by atoms with Crippen LogP contribution in [0.2, 0.25) is 0 Å². The van der Waals surface area contributed by atoms with E-state index in [2.05, 4.69) is 4.90 Å². The summed E-state index contributed by atoms with van der Waals surface area (Å²) >= 11 is 1.45. The van der Waals surface area contributed by atoms with E-state index in [1.165, 1.54) is 15.6 Å². The summed E-state index contributed by atoms with van der Waals surface area (Å²) < 4.78 is 33.8. The fraction of sp³-hybridized carbons (Fsp3) is 0.440. The van der Waals surface area contributed by atoms with E-state index < -0.39 is 10.0 Å². The van der Waals surface area contributed by atoms with Gasteiger partial charge in [-0.25, -0.2) is 13.4 Å². The van der Waals surface area contributed by atoms with Crippen molar-refractivity contribution in [1.29, 1.82) is 0 Å². The fourth-order valence-corrected chi connectivity index (χ4v) is 6.63. The highest BCUT2D eigenvalue weighted by molar-refractivity contribution is 7.89. The summed E-state index contributed by atoms with van der Waals surface area (Å²) in [6.45, 7) is 2.42. The Morgan fingerprint density at radius 1 is 1.06 bits per heavy atom. The number of hydrogen-bond acceptors (Lipinski definition) is 7. The molecular formula is C25H32N4O4S2. The molecule has 0 aliphatic carbocycles. The van der Waals surface area contributed by atoms with Crippen LogP contribution in [0.1, 0.15) is 36.0 Å². The zero-order valence-electron chi connectivity index (χ0n) is 20.4. The van der Waals surface area contributed by atoms with Crippen molar-refractivity contribution in [3.8, 4) is 5.75 Å². The van der Waals surface area contributed by atoms with Crippen molar-refractivity contribution in [3.05, 3.63) is 48.0 Å². The van der Waals surface area contributed by atoms with Crippen molar-refractivity contribution in [2.24, 2.45) is 0 Å². The van der Waals surface area contributed by atoms with Crippen LogP contribution in [0.25, 0.3) is 10.2 Å². The highest BCUT2D eigenvalue weighted by Gasteiger charge is 2.27. The van der Waals surface area contributed by atoms with E-state index in [1.807, 2.05) is 32.3 Å². The van der Waals surface area contributed by atoms with Crippen LogP contribution in [0.5, 0.6) is 5.75 Å². The van der Waals surface area contributed by atoms with Crippen molar-refractivity contribution < 1.29 is 17.9 Å². The Balaban J connectivity index is 1.60. The van der Waals surface area contributed by atoms with Crippen LogP contribution in [-0.4, -0.2) is 75.9 Å². The second kappa shape index (κ2) is 11.0. The summed E-state index contributed by atoms with van der Waals surface area (Å²) in [4.78, 5) is 22.3. The Morgan fingerprint density at radius 3 is 2.43 bits per heavy atom. The van der Waals surface area contributed by atoms with Gasteiger partial charge in [-0.2, -0.15) is 4.31 Å². The number of nitrogens with zero attached hydrogens (tertiary/aromatic N) is 4. The number of benzene rings is 2. The van der Waals surface area contributed by atoms with Crippen LogP contribution in [-0.2, 0) is 10.0 Å². The SMILES string of the molecule is COc1ccc2sc(N(CCCN(C)C)C(=O)c3ccc(S(=O)(=O)N4CCCCC4)cc3)nc2c1. The number of amides is 1. The van der Waals surface area contributed by atoms with E-state index in [0.717, 1.165) is 42.4 Å². The molecule has 0 spiro atoms. The molecule has 1 fully saturated rings. The predicted octanol–water partition coefficient (Wildman–Crippen LogP) is 4.08. The average molecular weight is 517 g/mol. The molecule has 188 valence electrons. The molecule has 3 aromatic rings. The minimum atomic E-state index is -3.54. The standard InChI is InChI=1S/C25H32N4O4S2/c1-27(2)14-7-17-29(25-26-22-18-20(33-3)10-13-23(22)34-25)24(30)19-8-11-21(12-9-19)35(31,32)28-15-5-4-6-16-28/h8-13,18H,4-7,14-17H2,1-3H3. The molecule has 8 nitrogen and oxygen atoms in total. The van der Waals surface area contributed by atoms with E-state index in [1.54, 1.807) is 36.3 Å². The first kappa shape index (κ1) is 25.6. The van der Waals surface area contributed by atoms with Crippen molar-refractivity contribution in [2.75, 3.05) is 52.3 Å². The van der Waals surface area contributed by atoms with Gasteiger partial charge in [-0.1, -0.05) is 17.8 Å². The van der Waals surface area contributed by atoms with Crippen molar-refractivity contribution in [1.82, 2.24) is 14.2 Å². The lowest BCUT2D eigenvalue weighted by molar-refractivity contribution is 0.0986. The van der Waals surface area contributed by atoms with Gasteiger partial charge in [0.15, 0.2) is 5.13 Å². The first-order chi connectivity index (χ1) is 16.8. The van der Waals surface area contributed by atoms with Gasteiger partial charge in [-0.15, -0.1) is 0 Å². The molecule has 35 heavy (non-hydrogen) atoms.